The zero-order valence-corrected chi connectivity index (χ0v) is 20.4. The lowest BCUT2D eigenvalue weighted by Gasteiger charge is -2.30. The molecular weight excluding hydrogens is 514 g/mol. The van der Waals surface area contributed by atoms with Gasteiger partial charge in [0.2, 0.25) is 11.8 Å². The molecule has 0 radical (unpaired) electrons. The van der Waals surface area contributed by atoms with Gasteiger partial charge >= 0.3 is 6.36 Å². The molecule has 1 aromatic carbocycles. The molecule has 2 saturated heterocycles. The molecule has 1 aromatic rings. The molecule has 3 N–H and O–H groups in total. The van der Waals surface area contributed by atoms with Crippen molar-refractivity contribution in [3.05, 3.63) is 35.6 Å². The number of carbonyl (C=O) groups excluding carboxylic acids is 4. The van der Waals surface area contributed by atoms with Crippen LogP contribution in [0.3, 0.4) is 0 Å². The number of carbonyl (C=O) groups is 4. The van der Waals surface area contributed by atoms with Gasteiger partial charge in [-0.15, -0.1) is 13.2 Å². The van der Waals surface area contributed by atoms with Crippen LogP contribution < -0.4 is 10.6 Å². The number of Topliss-reactive ketones (excluding diaryl/α,β-unsaturated/α-hetero) is 1. The van der Waals surface area contributed by atoms with E-state index in [-0.39, 0.29) is 36.3 Å². The van der Waals surface area contributed by atoms with Gasteiger partial charge in [-0.2, -0.15) is 0 Å². The number of hydrogen-bond donors (Lipinski definition) is 3. The first-order chi connectivity index (χ1) is 17.9. The number of nitrogens with one attached hydrogen (secondary N) is 2. The normalized spacial score (nSPS) is 26.6. The SMILES string of the molecule is O=C(COC(F)(F)F)C(C[C@@H]1CCNC1=O)NC(=O)[C@@H]1[C@H]2CCC[C@H]2CN1C(=O)C(O)c1ccc(F)cc1. The molecule has 3 amide bonds. The van der Waals surface area contributed by atoms with Gasteiger partial charge in [-0.3, -0.25) is 23.9 Å². The topological polar surface area (TPSA) is 125 Å². The Bertz CT molecular complexity index is 1070. The van der Waals surface area contributed by atoms with Crippen molar-refractivity contribution in [1.29, 1.82) is 0 Å². The minimum atomic E-state index is -5.06. The molecule has 3 fully saturated rings. The van der Waals surface area contributed by atoms with Crippen molar-refractivity contribution in [3.63, 3.8) is 0 Å². The lowest BCUT2D eigenvalue weighted by atomic mass is 9.92. The maximum atomic E-state index is 13.5. The summed E-state index contributed by atoms with van der Waals surface area (Å²) in [5.41, 5.74) is 0.136. The Kier molecular flexibility index (Phi) is 8.36. The van der Waals surface area contributed by atoms with Crippen molar-refractivity contribution in [2.24, 2.45) is 17.8 Å². The Hall–Kier alpha value is -3.06. The van der Waals surface area contributed by atoms with Gasteiger partial charge in [-0.1, -0.05) is 18.6 Å². The average Bonchev–Trinajstić information content (AvgIpc) is 3.57. The second-order valence-electron chi connectivity index (χ2n) is 10.0. The van der Waals surface area contributed by atoms with Crippen LogP contribution in [0.5, 0.6) is 0 Å². The molecule has 13 heteroatoms. The number of benzene rings is 1. The molecule has 6 atom stereocenters. The third kappa shape index (κ3) is 6.32. The van der Waals surface area contributed by atoms with E-state index in [4.69, 9.17) is 0 Å². The van der Waals surface area contributed by atoms with E-state index in [1.165, 1.54) is 17.0 Å². The van der Waals surface area contributed by atoms with Gasteiger partial charge in [0.1, 0.15) is 18.5 Å². The summed E-state index contributed by atoms with van der Waals surface area (Å²) in [4.78, 5) is 52.8. The van der Waals surface area contributed by atoms with Crippen LogP contribution in [-0.4, -0.2) is 71.7 Å². The molecule has 0 spiro atoms. The smallest absolute Gasteiger partial charge is 0.378 e. The van der Waals surface area contributed by atoms with Crippen molar-refractivity contribution >= 4 is 23.5 Å². The van der Waals surface area contributed by atoms with Gasteiger partial charge in [0.05, 0.1) is 6.04 Å². The molecule has 0 aromatic heterocycles. The maximum Gasteiger partial charge on any atom is 0.522 e. The highest BCUT2D eigenvalue weighted by atomic mass is 19.4. The van der Waals surface area contributed by atoms with E-state index >= 15 is 0 Å². The van der Waals surface area contributed by atoms with Gasteiger partial charge in [0, 0.05) is 19.0 Å². The van der Waals surface area contributed by atoms with Crippen LogP contribution in [-0.2, 0) is 23.9 Å². The molecule has 0 bridgehead atoms. The Balaban J connectivity index is 1.53. The average molecular weight is 544 g/mol. The number of ether oxygens (including phenoxy) is 1. The van der Waals surface area contributed by atoms with E-state index in [1.54, 1.807) is 0 Å². The fourth-order valence-electron chi connectivity index (χ4n) is 5.75. The molecule has 1 saturated carbocycles. The number of aliphatic hydroxyl groups excluding tert-OH is 1. The number of rotatable bonds is 9. The zero-order chi connectivity index (χ0) is 27.6. The van der Waals surface area contributed by atoms with Gasteiger partial charge in [-0.25, -0.2) is 4.39 Å². The van der Waals surface area contributed by atoms with Crippen molar-refractivity contribution in [2.75, 3.05) is 19.7 Å². The fourth-order valence-corrected chi connectivity index (χ4v) is 5.75. The van der Waals surface area contributed by atoms with Crippen molar-refractivity contribution < 1.29 is 46.6 Å². The number of halogens is 4. The molecule has 2 aliphatic heterocycles. The number of hydrogen-bond acceptors (Lipinski definition) is 6. The van der Waals surface area contributed by atoms with Crippen LogP contribution in [0.25, 0.3) is 0 Å². The molecule has 3 aliphatic rings. The molecule has 208 valence electrons. The van der Waals surface area contributed by atoms with Gasteiger partial charge in [-0.05, 0) is 55.2 Å². The summed E-state index contributed by atoms with van der Waals surface area (Å²) in [7, 11) is 0. The summed E-state index contributed by atoms with van der Waals surface area (Å²) in [6, 6.07) is 2.18. The van der Waals surface area contributed by atoms with Gasteiger partial charge in [0.25, 0.3) is 5.91 Å². The van der Waals surface area contributed by atoms with E-state index in [0.717, 1.165) is 25.0 Å². The predicted molar refractivity (Wildman–Crippen MR) is 122 cm³/mol. The Labute approximate surface area is 215 Å². The highest BCUT2D eigenvalue weighted by Gasteiger charge is 2.51. The van der Waals surface area contributed by atoms with E-state index in [1.807, 2.05) is 0 Å². The first-order valence-electron chi connectivity index (χ1n) is 12.5. The summed E-state index contributed by atoms with van der Waals surface area (Å²) in [5.74, 6) is -4.48. The maximum absolute atomic E-state index is 13.5. The molecule has 2 unspecified atom stereocenters. The highest BCUT2D eigenvalue weighted by Crippen LogP contribution is 2.43. The number of alkyl halides is 3. The first kappa shape index (κ1) is 28.0. The summed E-state index contributed by atoms with van der Waals surface area (Å²) in [5, 5.41) is 15.7. The van der Waals surface area contributed by atoms with E-state index in [2.05, 4.69) is 15.4 Å². The Morgan fingerprint density at radius 1 is 1.16 bits per heavy atom. The Morgan fingerprint density at radius 3 is 2.50 bits per heavy atom. The number of amides is 3. The van der Waals surface area contributed by atoms with E-state index in [0.29, 0.717) is 19.4 Å². The number of nitrogens with zero attached hydrogens (tertiary/aromatic N) is 1. The third-order valence-corrected chi connectivity index (χ3v) is 7.63. The van der Waals surface area contributed by atoms with Crippen LogP contribution in [0.2, 0.25) is 0 Å². The number of likely N-dealkylation sites (tertiary alicyclic amines) is 1. The molecule has 38 heavy (non-hydrogen) atoms. The summed E-state index contributed by atoms with van der Waals surface area (Å²) >= 11 is 0. The minimum absolute atomic E-state index is 0.0292. The van der Waals surface area contributed by atoms with Crippen LogP contribution in [0.15, 0.2) is 24.3 Å². The van der Waals surface area contributed by atoms with E-state index < -0.39 is 60.5 Å². The fraction of sp³-hybridized carbons (Fsp3) is 0.600. The van der Waals surface area contributed by atoms with Crippen molar-refractivity contribution in [1.82, 2.24) is 15.5 Å². The van der Waals surface area contributed by atoms with Gasteiger partial charge < -0.3 is 20.6 Å². The monoisotopic (exact) mass is 543 g/mol. The van der Waals surface area contributed by atoms with E-state index in [9.17, 15) is 41.8 Å². The number of fused-ring (bicyclic) bond motifs is 1. The lowest BCUT2D eigenvalue weighted by Crippen LogP contribution is -2.54. The number of ketones is 1. The third-order valence-electron chi connectivity index (χ3n) is 7.63. The minimum Gasteiger partial charge on any atom is -0.378 e. The zero-order valence-electron chi connectivity index (χ0n) is 20.4. The molecular formula is C25H29F4N3O6. The van der Waals surface area contributed by atoms with Crippen molar-refractivity contribution in [3.8, 4) is 0 Å². The largest absolute Gasteiger partial charge is 0.522 e. The second-order valence-corrected chi connectivity index (χ2v) is 10.0. The standard InChI is InChI=1S/C25H29F4N3O6/c26-16-6-4-13(5-7-16)21(34)24(37)32-11-15-2-1-3-17(15)20(32)23(36)31-18(10-14-8-9-30-22(14)35)19(33)12-38-25(27,28)29/h4-7,14-15,17-18,20-21,34H,1-3,8-12H2,(H,30,35)(H,31,36)/t14-,15-,17-,18?,20-,21?/m0/s1. The predicted octanol–water partition coefficient (Wildman–Crippen LogP) is 1.60. The first-order valence-corrected chi connectivity index (χ1v) is 12.5. The quantitative estimate of drug-likeness (QED) is 0.407. The van der Waals surface area contributed by atoms with Crippen molar-refractivity contribution in [2.45, 2.75) is 56.7 Å². The molecule has 2 heterocycles. The second kappa shape index (κ2) is 11.4. The molecule has 4 rings (SSSR count). The van der Waals surface area contributed by atoms with Crippen LogP contribution >= 0.6 is 0 Å². The van der Waals surface area contributed by atoms with Crippen LogP contribution in [0.1, 0.15) is 43.8 Å². The highest BCUT2D eigenvalue weighted by molar-refractivity contribution is 5.95. The van der Waals surface area contributed by atoms with Crippen LogP contribution in [0, 0.1) is 23.6 Å². The number of aliphatic hydroxyl groups is 1. The lowest BCUT2D eigenvalue weighted by molar-refractivity contribution is -0.321. The summed E-state index contributed by atoms with van der Waals surface area (Å²) in [6.07, 6.45) is -4.42. The summed E-state index contributed by atoms with van der Waals surface area (Å²) in [6.45, 7) is -0.820. The van der Waals surface area contributed by atoms with Gasteiger partial charge in [0.15, 0.2) is 11.9 Å². The molecule has 1 aliphatic carbocycles. The Morgan fingerprint density at radius 2 is 1.87 bits per heavy atom. The van der Waals surface area contributed by atoms with Crippen LogP contribution in [0.4, 0.5) is 17.6 Å². The summed E-state index contributed by atoms with van der Waals surface area (Å²) < 4.78 is 54.7. The molecule has 9 nitrogen and oxygen atoms in total.